The highest BCUT2D eigenvalue weighted by Gasteiger charge is 2.19. The molecule has 6 heteroatoms. The molecular formula is C20H27N3O3. The summed E-state index contributed by atoms with van der Waals surface area (Å²) in [6, 6.07) is 10.0. The van der Waals surface area contributed by atoms with E-state index in [4.69, 9.17) is 4.74 Å². The van der Waals surface area contributed by atoms with Crippen molar-refractivity contribution >= 4 is 12.4 Å². The van der Waals surface area contributed by atoms with Crippen LogP contribution in [0, 0.1) is 0 Å². The number of alkyl carbamates (subject to hydrolysis) is 1. The molecule has 0 aliphatic carbocycles. The molecule has 0 aliphatic heterocycles. The minimum Gasteiger partial charge on any atom is -0.444 e. The average Bonchev–Trinajstić information content (AvgIpc) is 3.02. The Balaban J connectivity index is 1.92. The van der Waals surface area contributed by atoms with E-state index in [0.717, 1.165) is 43.4 Å². The lowest BCUT2D eigenvalue weighted by Gasteiger charge is -2.24. The topological polar surface area (TPSA) is 84.1 Å². The van der Waals surface area contributed by atoms with Gasteiger partial charge in [-0.2, -0.15) is 0 Å². The van der Waals surface area contributed by atoms with Crippen molar-refractivity contribution in [3.63, 3.8) is 0 Å². The smallest absolute Gasteiger partial charge is 0.407 e. The van der Waals surface area contributed by atoms with Gasteiger partial charge in [0.2, 0.25) is 0 Å². The van der Waals surface area contributed by atoms with E-state index in [0.29, 0.717) is 5.69 Å². The van der Waals surface area contributed by atoms with Gasteiger partial charge >= 0.3 is 6.09 Å². The molecule has 2 N–H and O–H groups in total. The zero-order valence-electron chi connectivity index (χ0n) is 15.6. The van der Waals surface area contributed by atoms with E-state index in [1.54, 1.807) is 0 Å². The lowest BCUT2D eigenvalue weighted by molar-refractivity contribution is 0.0501. The maximum Gasteiger partial charge on any atom is 0.407 e. The maximum atomic E-state index is 12.1. The third-order valence-electron chi connectivity index (χ3n) is 3.79. The van der Waals surface area contributed by atoms with Gasteiger partial charge in [-0.15, -0.1) is 0 Å². The van der Waals surface area contributed by atoms with Gasteiger partial charge in [0.1, 0.15) is 11.4 Å². The van der Waals surface area contributed by atoms with Gasteiger partial charge in [-0.25, -0.2) is 9.78 Å². The number of imidazole rings is 1. The first-order chi connectivity index (χ1) is 12.4. The normalized spacial score (nSPS) is 12.4. The van der Waals surface area contributed by atoms with Crippen LogP contribution in [0.2, 0.25) is 0 Å². The second kappa shape index (κ2) is 9.17. The quantitative estimate of drug-likeness (QED) is 0.706. The minimum atomic E-state index is -0.527. The molecule has 0 spiro atoms. The number of nitrogens with one attached hydrogen (secondary N) is 2. The summed E-state index contributed by atoms with van der Waals surface area (Å²) in [5.74, 6) is 0.780. The molecule has 0 saturated heterocycles. The number of benzene rings is 1. The number of aldehydes is 1. The average molecular weight is 357 g/mol. The highest BCUT2D eigenvalue weighted by Crippen LogP contribution is 2.12. The number of amides is 1. The number of hydrogen-bond acceptors (Lipinski definition) is 4. The van der Waals surface area contributed by atoms with Gasteiger partial charge in [0, 0.05) is 12.5 Å². The SMILES string of the molecule is CC(C)(C)OC(=O)N[C@H](CCCc1ncc(C=O)[nH]1)Cc1ccccc1. The number of rotatable bonds is 8. The fourth-order valence-electron chi connectivity index (χ4n) is 2.68. The molecule has 6 nitrogen and oxygen atoms in total. The molecule has 0 unspecified atom stereocenters. The molecule has 1 amide bonds. The van der Waals surface area contributed by atoms with E-state index in [1.165, 1.54) is 6.20 Å². The first-order valence-electron chi connectivity index (χ1n) is 8.88. The van der Waals surface area contributed by atoms with Crippen molar-refractivity contribution in [2.75, 3.05) is 0 Å². The molecule has 0 saturated carbocycles. The number of ether oxygens (including phenoxy) is 1. The second-order valence-electron chi connectivity index (χ2n) is 7.33. The summed E-state index contributed by atoms with van der Waals surface area (Å²) in [6.45, 7) is 5.54. The Bertz CT molecular complexity index is 705. The first-order valence-corrected chi connectivity index (χ1v) is 8.88. The summed E-state index contributed by atoms with van der Waals surface area (Å²) in [5.41, 5.74) is 1.11. The van der Waals surface area contributed by atoms with Crippen molar-refractivity contribution in [2.24, 2.45) is 0 Å². The van der Waals surface area contributed by atoms with Gasteiger partial charge < -0.3 is 15.0 Å². The van der Waals surface area contributed by atoms with Gasteiger partial charge in [0.05, 0.1) is 11.9 Å². The molecule has 2 aromatic rings. The number of hydrogen-bond donors (Lipinski definition) is 2. The summed E-state index contributed by atoms with van der Waals surface area (Å²) in [6.07, 6.45) is 4.94. The Morgan fingerprint density at radius 3 is 2.65 bits per heavy atom. The van der Waals surface area contributed by atoms with E-state index in [1.807, 2.05) is 51.1 Å². The number of aromatic nitrogens is 2. The molecule has 0 aliphatic rings. The molecule has 1 atom stereocenters. The summed E-state index contributed by atoms with van der Waals surface area (Å²) in [4.78, 5) is 30.0. The van der Waals surface area contributed by atoms with Gasteiger partial charge in [-0.3, -0.25) is 4.79 Å². The lowest BCUT2D eigenvalue weighted by atomic mass is 10.0. The van der Waals surface area contributed by atoms with Gasteiger partial charge in [-0.05, 0) is 45.6 Å². The van der Waals surface area contributed by atoms with Crippen molar-refractivity contribution in [3.8, 4) is 0 Å². The minimum absolute atomic E-state index is 0.0345. The predicted molar refractivity (Wildman–Crippen MR) is 100 cm³/mol. The summed E-state index contributed by atoms with van der Waals surface area (Å²) in [7, 11) is 0. The molecule has 2 rings (SSSR count). The van der Waals surface area contributed by atoms with Crippen LogP contribution in [0.3, 0.4) is 0 Å². The van der Waals surface area contributed by atoms with Crippen molar-refractivity contribution in [1.82, 2.24) is 15.3 Å². The van der Waals surface area contributed by atoms with Gasteiger partial charge in [0.15, 0.2) is 6.29 Å². The van der Waals surface area contributed by atoms with E-state index in [-0.39, 0.29) is 6.04 Å². The molecule has 1 aromatic heterocycles. The van der Waals surface area contributed by atoms with E-state index in [2.05, 4.69) is 15.3 Å². The zero-order chi connectivity index (χ0) is 19.0. The lowest BCUT2D eigenvalue weighted by Crippen LogP contribution is -2.40. The van der Waals surface area contributed by atoms with E-state index >= 15 is 0 Å². The summed E-state index contributed by atoms with van der Waals surface area (Å²) in [5, 5.41) is 2.98. The monoisotopic (exact) mass is 357 g/mol. The van der Waals surface area contributed by atoms with Crippen molar-refractivity contribution in [2.45, 2.75) is 58.1 Å². The molecule has 26 heavy (non-hydrogen) atoms. The van der Waals surface area contributed by atoms with Crippen LogP contribution in [0.1, 0.15) is 55.5 Å². The third-order valence-corrected chi connectivity index (χ3v) is 3.79. The van der Waals surface area contributed by atoms with Gasteiger partial charge in [-0.1, -0.05) is 30.3 Å². The molecule has 0 bridgehead atoms. The van der Waals surface area contributed by atoms with E-state index in [9.17, 15) is 9.59 Å². The Kier molecular flexibility index (Phi) is 6.95. The molecular weight excluding hydrogens is 330 g/mol. The van der Waals surface area contributed by atoms with Crippen LogP contribution in [-0.2, 0) is 17.6 Å². The molecule has 1 aromatic carbocycles. The molecule has 1 heterocycles. The number of aromatic amines is 1. The number of aryl methyl sites for hydroxylation is 1. The van der Waals surface area contributed by atoms with Gasteiger partial charge in [0.25, 0.3) is 0 Å². The Morgan fingerprint density at radius 1 is 1.31 bits per heavy atom. The number of carbonyl (C=O) groups is 2. The van der Waals surface area contributed by atoms with Crippen LogP contribution < -0.4 is 5.32 Å². The first kappa shape index (κ1) is 19.7. The van der Waals surface area contributed by atoms with Crippen LogP contribution in [0.25, 0.3) is 0 Å². The summed E-state index contributed by atoms with van der Waals surface area (Å²) >= 11 is 0. The zero-order valence-corrected chi connectivity index (χ0v) is 15.6. The second-order valence-corrected chi connectivity index (χ2v) is 7.33. The third kappa shape index (κ3) is 7.09. The highest BCUT2D eigenvalue weighted by molar-refractivity contribution is 5.71. The van der Waals surface area contributed by atoms with Crippen LogP contribution in [0.5, 0.6) is 0 Å². The van der Waals surface area contributed by atoms with Crippen LogP contribution in [0.15, 0.2) is 36.5 Å². The number of carbonyl (C=O) groups excluding carboxylic acids is 2. The maximum absolute atomic E-state index is 12.1. The molecule has 0 radical (unpaired) electrons. The fraction of sp³-hybridized carbons (Fsp3) is 0.450. The molecule has 140 valence electrons. The van der Waals surface area contributed by atoms with Crippen LogP contribution in [0.4, 0.5) is 4.79 Å². The fourth-order valence-corrected chi connectivity index (χ4v) is 2.68. The van der Waals surface area contributed by atoms with Crippen LogP contribution >= 0.6 is 0 Å². The van der Waals surface area contributed by atoms with Crippen molar-refractivity contribution < 1.29 is 14.3 Å². The Morgan fingerprint density at radius 2 is 2.04 bits per heavy atom. The number of H-pyrrole nitrogens is 1. The van der Waals surface area contributed by atoms with Crippen molar-refractivity contribution in [3.05, 3.63) is 53.6 Å². The highest BCUT2D eigenvalue weighted by atomic mass is 16.6. The van der Waals surface area contributed by atoms with Crippen LogP contribution in [-0.4, -0.2) is 34.0 Å². The standard InChI is InChI=1S/C20H27N3O3/c1-20(2,3)26-19(25)23-16(12-15-8-5-4-6-9-15)10-7-11-18-21-13-17(14-24)22-18/h4-6,8-9,13-14,16H,7,10-12H2,1-3H3,(H,21,22)(H,23,25)/t16-/m1/s1. The Labute approximate surface area is 154 Å². The van der Waals surface area contributed by atoms with Crippen molar-refractivity contribution in [1.29, 1.82) is 0 Å². The largest absolute Gasteiger partial charge is 0.444 e. The molecule has 0 fully saturated rings. The number of nitrogens with zero attached hydrogens (tertiary/aromatic N) is 1. The Hall–Kier alpha value is -2.63. The predicted octanol–water partition coefficient (Wildman–Crippen LogP) is 3.68. The van der Waals surface area contributed by atoms with E-state index < -0.39 is 11.7 Å². The summed E-state index contributed by atoms with van der Waals surface area (Å²) < 4.78 is 5.38.